The Labute approximate surface area is 81.4 Å². The molecule has 3 nitrogen and oxygen atoms in total. The summed E-state index contributed by atoms with van der Waals surface area (Å²) >= 11 is 0. The summed E-state index contributed by atoms with van der Waals surface area (Å²) in [6.45, 7) is 6.94. The van der Waals surface area contributed by atoms with E-state index < -0.39 is 0 Å². The molecule has 0 radical (unpaired) electrons. The molecule has 0 aliphatic carbocycles. The molecular weight excluding hydrogens is 168 g/mol. The third kappa shape index (κ3) is 6.99. The topological polar surface area (TPSA) is 27.7 Å². The van der Waals surface area contributed by atoms with Gasteiger partial charge in [0.1, 0.15) is 0 Å². The number of hydrogen-bond donors (Lipinski definition) is 0. The van der Waals surface area contributed by atoms with Gasteiger partial charge in [-0.15, -0.1) is 0 Å². The van der Waals surface area contributed by atoms with Gasteiger partial charge in [-0.25, -0.2) is 0 Å². The number of ether oxygens (including phenoxy) is 3. The lowest BCUT2D eigenvalue weighted by Crippen LogP contribution is -2.24. The van der Waals surface area contributed by atoms with Crippen molar-refractivity contribution in [3.63, 3.8) is 0 Å². The van der Waals surface area contributed by atoms with Gasteiger partial charge in [-0.2, -0.15) is 0 Å². The molecule has 3 heteroatoms. The average molecular weight is 190 g/mol. The van der Waals surface area contributed by atoms with E-state index in [1.165, 1.54) is 0 Å². The lowest BCUT2D eigenvalue weighted by Gasteiger charge is -2.19. The minimum Gasteiger partial charge on any atom is -0.373 e. The van der Waals surface area contributed by atoms with E-state index in [1.807, 2.05) is 0 Å². The van der Waals surface area contributed by atoms with E-state index in [0.29, 0.717) is 12.5 Å². The molecular formula is C10H22O3. The van der Waals surface area contributed by atoms with Gasteiger partial charge in [0.2, 0.25) is 0 Å². The largest absolute Gasteiger partial charge is 0.373 e. The Morgan fingerprint density at radius 1 is 1.00 bits per heavy atom. The molecule has 0 saturated carbocycles. The van der Waals surface area contributed by atoms with Crippen LogP contribution in [0.3, 0.4) is 0 Å². The summed E-state index contributed by atoms with van der Waals surface area (Å²) in [4.78, 5) is 0. The molecule has 1 atom stereocenters. The molecule has 0 rings (SSSR count). The molecule has 0 bridgehead atoms. The molecule has 1 unspecified atom stereocenters. The maximum absolute atomic E-state index is 5.55. The van der Waals surface area contributed by atoms with Gasteiger partial charge in [0.15, 0.2) is 6.29 Å². The van der Waals surface area contributed by atoms with Gasteiger partial charge >= 0.3 is 0 Å². The van der Waals surface area contributed by atoms with Crippen molar-refractivity contribution in [2.45, 2.75) is 39.6 Å². The molecule has 13 heavy (non-hydrogen) atoms. The zero-order chi connectivity index (χ0) is 10.3. The van der Waals surface area contributed by atoms with Gasteiger partial charge in [-0.3, -0.25) is 0 Å². The normalized spacial score (nSPS) is 14.1. The van der Waals surface area contributed by atoms with Gasteiger partial charge in [-0.1, -0.05) is 13.8 Å². The quantitative estimate of drug-likeness (QED) is 0.575. The number of hydrogen-bond acceptors (Lipinski definition) is 3. The van der Waals surface area contributed by atoms with Crippen LogP contribution in [0.25, 0.3) is 0 Å². The highest BCUT2D eigenvalue weighted by atomic mass is 16.7. The first-order chi connectivity index (χ1) is 6.10. The number of rotatable bonds is 7. The number of methoxy groups -OCH3 is 2. The smallest absolute Gasteiger partial charge is 0.180 e. The molecule has 0 N–H and O–H groups in total. The summed E-state index contributed by atoms with van der Waals surface area (Å²) in [6.07, 6.45) is 1.10. The molecule has 80 valence electrons. The third-order valence-electron chi connectivity index (χ3n) is 1.85. The fourth-order valence-corrected chi connectivity index (χ4v) is 1.21. The fourth-order valence-electron chi connectivity index (χ4n) is 1.21. The van der Waals surface area contributed by atoms with E-state index in [9.17, 15) is 0 Å². The van der Waals surface area contributed by atoms with Crippen LogP contribution in [-0.4, -0.2) is 33.2 Å². The van der Waals surface area contributed by atoms with Crippen LogP contribution in [0.15, 0.2) is 0 Å². The predicted octanol–water partition coefficient (Wildman–Crippen LogP) is 2.06. The molecule has 0 spiro atoms. The van der Waals surface area contributed by atoms with Crippen LogP contribution in [0.1, 0.15) is 27.2 Å². The Kier molecular flexibility index (Phi) is 7.23. The van der Waals surface area contributed by atoms with Crippen molar-refractivity contribution in [1.29, 1.82) is 0 Å². The van der Waals surface area contributed by atoms with E-state index in [1.54, 1.807) is 14.2 Å². The second-order valence-electron chi connectivity index (χ2n) is 3.67. The highest BCUT2D eigenvalue weighted by molar-refractivity contribution is 4.54. The average Bonchev–Trinajstić information content (AvgIpc) is 2.05. The molecule has 0 amide bonds. The SMILES string of the molecule is COC(COC(C)CC(C)C)OC. The molecule has 0 fully saturated rings. The van der Waals surface area contributed by atoms with Crippen LogP contribution in [0, 0.1) is 5.92 Å². The van der Waals surface area contributed by atoms with Crippen LogP contribution >= 0.6 is 0 Å². The Morgan fingerprint density at radius 3 is 1.92 bits per heavy atom. The second kappa shape index (κ2) is 7.30. The lowest BCUT2D eigenvalue weighted by atomic mass is 10.1. The van der Waals surface area contributed by atoms with Crippen molar-refractivity contribution in [2.24, 2.45) is 5.92 Å². The van der Waals surface area contributed by atoms with E-state index in [4.69, 9.17) is 14.2 Å². The predicted molar refractivity (Wildman–Crippen MR) is 52.7 cm³/mol. The molecule has 0 aromatic carbocycles. The summed E-state index contributed by atoms with van der Waals surface area (Å²) < 4.78 is 15.6. The maximum Gasteiger partial charge on any atom is 0.180 e. The Balaban J connectivity index is 3.49. The van der Waals surface area contributed by atoms with E-state index in [-0.39, 0.29) is 12.4 Å². The molecule has 0 aromatic heterocycles. The Hall–Kier alpha value is -0.120. The zero-order valence-electron chi connectivity index (χ0n) is 9.37. The first kappa shape index (κ1) is 12.9. The second-order valence-corrected chi connectivity index (χ2v) is 3.67. The van der Waals surface area contributed by atoms with Crippen molar-refractivity contribution >= 4 is 0 Å². The van der Waals surface area contributed by atoms with Gasteiger partial charge in [-0.05, 0) is 19.3 Å². The van der Waals surface area contributed by atoms with Crippen molar-refractivity contribution in [3.05, 3.63) is 0 Å². The van der Waals surface area contributed by atoms with Crippen LogP contribution < -0.4 is 0 Å². The highest BCUT2D eigenvalue weighted by Gasteiger charge is 2.09. The minimum absolute atomic E-state index is 0.241. The summed E-state index contributed by atoms with van der Waals surface area (Å²) in [5, 5.41) is 0. The summed E-state index contributed by atoms with van der Waals surface area (Å²) in [6, 6.07) is 0. The Bertz CT molecular complexity index is 111. The summed E-state index contributed by atoms with van der Waals surface area (Å²) in [5.41, 5.74) is 0. The molecule has 0 aliphatic heterocycles. The minimum atomic E-state index is -0.241. The Morgan fingerprint density at radius 2 is 1.54 bits per heavy atom. The van der Waals surface area contributed by atoms with Crippen molar-refractivity contribution < 1.29 is 14.2 Å². The first-order valence-electron chi connectivity index (χ1n) is 4.77. The highest BCUT2D eigenvalue weighted by Crippen LogP contribution is 2.08. The molecule has 0 saturated heterocycles. The van der Waals surface area contributed by atoms with E-state index in [2.05, 4.69) is 20.8 Å². The lowest BCUT2D eigenvalue weighted by molar-refractivity contribution is -0.151. The fraction of sp³-hybridized carbons (Fsp3) is 1.00. The van der Waals surface area contributed by atoms with E-state index in [0.717, 1.165) is 6.42 Å². The standard InChI is InChI=1S/C10H22O3/c1-8(2)6-9(3)13-7-10(11-4)12-5/h8-10H,6-7H2,1-5H3. The first-order valence-corrected chi connectivity index (χ1v) is 4.77. The molecule has 0 aromatic rings. The van der Waals surface area contributed by atoms with Crippen LogP contribution in [-0.2, 0) is 14.2 Å². The van der Waals surface area contributed by atoms with Gasteiger partial charge in [0, 0.05) is 14.2 Å². The zero-order valence-corrected chi connectivity index (χ0v) is 9.37. The van der Waals surface area contributed by atoms with Gasteiger partial charge in [0.05, 0.1) is 12.7 Å². The van der Waals surface area contributed by atoms with Crippen LogP contribution in [0.4, 0.5) is 0 Å². The van der Waals surface area contributed by atoms with Crippen molar-refractivity contribution in [2.75, 3.05) is 20.8 Å². The third-order valence-corrected chi connectivity index (χ3v) is 1.85. The van der Waals surface area contributed by atoms with Gasteiger partial charge < -0.3 is 14.2 Å². The molecule has 0 aliphatic rings. The van der Waals surface area contributed by atoms with E-state index >= 15 is 0 Å². The summed E-state index contributed by atoms with van der Waals surface area (Å²) in [5.74, 6) is 0.665. The molecule has 0 heterocycles. The summed E-state index contributed by atoms with van der Waals surface area (Å²) in [7, 11) is 3.23. The van der Waals surface area contributed by atoms with Crippen LogP contribution in [0.5, 0.6) is 0 Å². The maximum atomic E-state index is 5.55. The van der Waals surface area contributed by atoms with Gasteiger partial charge in [0.25, 0.3) is 0 Å². The monoisotopic (exact) mass is 190 g/mol. The van der Waals surface area contributed by atoms with Crippen LogP contribution in [0.2, 0.25) is 0 Å². The van der Waals surface area contributed by atoms with Crippen molar-refractivity contribution in [1.82, 2.24) is 0 Å². The van der Waals surface area contributed by atoms with Crippen molar-refractivity contribution in [3.8, 4) is 0 Å².